The SMILES string of the molecule is Bc1c(B)c(B)c2c(-c3ccc(-n4c(C(B)(B)C(B)(B)B)nc5ccccc54)cc3)c3c(B)c(O)c(B)c(B)c3c(-c3ccc4ccccc4c3)c2c1B. The minimum absolute atomic E-state index is 0.0163. The predicted molar refractivity (Wildman–Crippen MR) is 270 cm³/mol. The van der Waals surface area contributed by atoms with Crippen LogP contribution in [0.5, 0.6) is 5.75 Å². The van der Waals surface area contributed by atoms with Crippen molar-refractivity contribution in [3.05, 3.63) is 96.8 Å². The molecule has 1 heterocycles. The van der Waals surface area contributed by atoms with Crippen molar-refractivity contribution in [1.29, 1.82) is 0 Å². The minimum atomic E-state index is -0.205. The molecule has 0 atom stereocenters. The van der Waals surface area contributed by atoms with E-state index in [9.17, 15) is 5.11 Å². The summed E-state index contributed by atoms with van der Waals surface area (Å²) < 4.78 is 2.36. The van der Waals surface area contributed by atoms with Gasteiger partial charge in [-0.15, -0.1) is 16.0 Å². The zero-order valence-corrected chi connectivity index (χ0v) is 34.0. The maximum Gasteiger partial charge on any atom is 0.145 e. The second-order valence-electron chi connectivity index (χ2n) is 17.2. The van der Waals surface area contributed by atoms with Gasteiger partial charge in [-0.25, -0.2) is 4.98 Å². The van der Waals surface area contributed by atoms with E-state index in [1.165, 1.54) is 65.5 Å². The number of imidazole rings is 1. The number of nitrogens with zero attached hydrogens (tertiary/aromatic N) is 2. The number of benzene rings is 7. The third kappa shape index (κ3) is 5.24. The van der Waals surface area contributed by atoms with Gasteiger partial charge in [-0.2, -0.15) is 0 Å². The first-order valence-corrected chi connectivity index (χ1v) is 19.3. The standard InChI is InChI=1S/C39H40B12N2O/c40-29-25-23(17-11-13-20(14-12-17)53-22-8-4-3-7-21(22)52-37(53)38(47,48)39(49,50)51)28-27(31(42)35(46)36(54)32(28)43)24(26(25)30(41)34(45)33(29)44)19-10-9-16-5-1-2-6-18(16)15-19/h1-15,54H,40-51H2. The molecule has 8 aromatic rings. The normalized spacial score (nSPS) is 12.3. The van der Waals surface area contributed by atoms with Gasteiger partial charge in [-0.1, -0.05) is 82.5 Å². The number of aromatic nitrogens is 2. The predicted octanol–water partition coefficient (Wildman–Crippen LogP) is -7.27. The van der Waals surface area contributed by atoms with E-state index in [2.05, 4.69) is 190 Å². The monoisotopic (exact) mass is 684 g/mol. The van der Waals surface area contributed by atoms with Crippen LogP contribution in [0.25, 0.3) is 71.3 Å². The van der Waals surface area contributed by atoms with Gasteiger partial charge in [0.15, 0.2) is 0 Å². The van der Waals surface area contributed by atoms with Crippen LogP contribution in [0, 0.1) is 0 Å². The summed E-state index contributed by atoms with van der Waals surface area (Å²) in [5.74, 6) is 1.43. The number of phenols is 1. The van der Waals surface area contributed by atoms with Gasteiger partial charge in [-0.05, 0) is 95.6 Å². The zero-order valence-electron chi connectivity index (χ0n) is 34.0. The molecule has 0 saturated carbocycles. The highest BCUT2D eigenvalue weighted by Gasteiger charge is 2.38. The Kier molecular flexibility index (Phi) is 8.56. The van der Waals surface area contributed by atoms with Crippen molar-refractivity contribution in [1.82, 2.24) is 9.55 Å². The molecule has 1 N–H and O–H groups in total. The summed E-state index contributed by atoms with van der Waals surface area (Å²) in [6, 6.07) is 33.1. The second-order valence-corrected chi connectivity index (χ2v) is 17.2. The first-order valence-electron chi connectivity index (χ1n) is 19.3. The molecule has 0 spiro atoms. The summed E-state index contributed by atoms with van der Waals surface area (Å²) in [6.07, 6.45) is 0. The largest absolute Gasteiger partial charge is 0.509 e. The molecule has 15 heteroatoms. The maximum absolute atomic E-state index is 11.8. The van der Waals surface area contributed by atoms with Gasteiger partial charge in [0.25, 0.3) is 0 Å². The van der Waals surface area contributed by atoms with E-state index >= 15 is 0 Å². The minimum Gasteiger partial charge on any atom is -0.509 e. The maximum atomic E-state index is 11.8. The lowest BCUT2D eigenvalue weighted by atomic mass is 9.23. The molecule has 0 amide bonds. The Morgan fingerprint density at radius 3 is 1.61 bits per heavy atom. The lowest BCUT2D eigenvalue weighted by Crippen LogP contribution is -2.48. The quantitative estimate of drug-likeness (QED) is 0.145. The van der Waals surface area contributed by atoms with E-state index in [0.29, 0.717) is 5.75 Å². The van der Waals surface area contributed by atoms with Gasteiger partial charge in [0.1, 0.15) is 82.2 Å². The van der Waals surface area contributed by atoms with Crippen molar-refractivity contribution < 1.29 is 5.11 Å². The lowest BCUT2D eigenvalue weighted by molar-refractivity contribution is 0.485. The van der Waals surface area contributed by atoms with E-state index in [1.54, 1.807) is 0 Å². The first kappa shape index (κ1) is 36.4. The van der Waals surface area contributed by atoms with Crippen LogP contribution in [0.15, 0.2) is 91.0 Å². The fraction of sp³-hybridized carbons (Fsp3) is 0.0513. The smallest absolute Gasteiger partial charge is 0.145 e. The molecule has 0 unspecified atom stereocenters. The number of hydrogen-bond acceptors (Lipinski definition) is 2. The van der Waals surface area contributed by atoms with Gasteiger partial charge in [-0.3, -0.25) is 4.57 Å². The Hall–Kier alpha value is -4.63. The van der Waals surface area contributed by atoms with Gasteiger partial charge < -0.3 is 5.11 Å². The summed E-state index contributed by atoms with van der Waals surface area (Å²) in [6.45, 7) is 0. The lowest BCUT2D eigenvalue weighted by Gasteiger charge is -2.39. The van der Waals surface area contributed by atoms with Crippen LogP contribution in [-0.4, -0.2) is 109 Å². The Morgan fingerprint density at radius 2 is 1.00 bits per heavy atom. The van der Waals surface area contributed by atoms with Crippen molar-refractivity contribution in [3.63, 3.8) is 0 Å². The number of phenolic OH excluding ortho intramolecular Hbond substituents is 1. The summed E-state index contributed by atoms with van der Waals surface area (Å²) in [4.78, 5) is 5.26. The number of para-hydroxylation sites is 2. The highest BCUT2D eigenvalue weighted by atomic mass is 16.3. The molecule has 0 aliphatic heterocycles. The molecule has 0 aliphatic carbocycles. The average Bonchev–Trinajstić information content (AvgIpc) is 3.56. The second kappa shape index (κ2) is 12.7. The average molecular weight is 683 g/mol. The molecule has 54 heavy (non-hydrogen) atoms. The van der Waals surface area contributed by atoms with E-state index in [4.69, 9.17) is 4.98 Å². The Labute approximate surface area is 329 Å². The van der Waals surface area contributed by atoms with Crippen LogP contribution in [0.2, 0.25) is 5.11 Å². The van der Waals surface area contributed by atoms with Crippen LogP contribution in [0.4, 0.5) is 0 Å². The third-order valence-electron chi connectivity index (χ3n) is 13.4. The molecule has 0 saturated heterocycles. The molecule has 248 valence electrons. The molecule has 8 rings (SSSR count). The van der Waals surface area contributed by atoms with Crippen LogP contribution < -0.4 is 38.2 Å². The van der Waals surface area contributed by atoms with E-state index < -0.39 is 0 Å². The highest BCUT2D eigenvalue weighted by Crippen LogP contribution is 2.43. The highest BCUT2D eigenvalue weighted by molar-refractivity contribution is 6.69. The molecular weight excluding hydrogens is 642 g/mol. The van der Waals surface area contributed by atoms with Crippen molar-refractivity contribution in [2.45, 2.75) is 10.3 Å². The fourth-order valence-corrected chi connectivity index (χ4v) is 8.69. The Morgan fingerprint density at radius 1 is 0.500 bits per heavy atom. The van der Waals surface area contributed by atoms with Crippen molar-refractivity contribution in [2.24, 2.45) is 0 Å². The summed E-state index contributed by atoms with van der Waals surface area (Å²) >= 11 is 0. The first-order chi connectivity index (χ1) is 25.5. The molecule has 0 fully saturated rings. The zero-order chi connectivity index (χ0) is 38.6. The van der Waals surface area contributed by atoms with Crippen LogP contribution >= 0.6 is 0 Å². The van der Waals surface area contributed by atoms with Gasteiger partial charge >= 0.3 is 0 Å². The van der Waals surface area contributed by atoms with Gasteiger partial charge in [0, 0.05) is 5.69 Å². The fourth-order valence-electron chi connectivity index (χ4n) is 8.69. The van der Waals surface area contributed by atoms with Crippen LogP contribution in [-0.2, 0) is 5.21 Å². The van der Waals surface area contributed by atoms with E-state index in [1.807, 2.05) is 0 Å². The Bertz CT molecular complexity index is 2800. The number of fused-ring (bicyclic) bond motifs is 4. The number of aromatic hydroxyl groups is 1. The topological polar surface area (TPSA) is 38.0 Å². The summed E-state index contributed by atoms with van der Waals surface area (Å²) in [7, 11) is 27.0. The number of rotatable bonds is 5. The Balaban J connectivity index is 1.50. The van der Waals surface area contributed by atoms with Gasteiger partial charge in [0.05, 0.1) is 34.6 Å². The number of hydrogen-bond donors (Lipinski definition) is 1. The molecule has 0 aliphatic rings. The summed E-state index contributed by atoms with van der Waals surface area (Å²) in [5, 5.41) is 18.9. The van der Waals surface area contributed by atoms with Crippen molar-refractivity contribution in [3.8, 4) is 33.7 Å². The van der Waals surface area contributed by atoms with Crippen LogP contribution in [0.3, 0.4) is 0 Å². The molecule has 7 aromatic carbocycles. The summed E-state index contributed by atoms with van der Waals surface area (Å²) in [5.41, 5.74) is 16.2. The van der Waals surface area contributed by atoms with E-state index in [0.717, 1.165) is 49.9 Å². The molecule has 0 radical (unpaired) electrons. The van der Waals surface area contributed by atoms with E-state index in [-0.39, 0.29) is 10.3 Å². The van der Waals surface area contributed by atoms with Gasteiger partial charge in [0.2, 0.25) is 0 Å². The van der Waals surface area contributed by atoms with Crippen LogP contribution in [0.1, 0.15) is 5.82 Å². The molecule has 0 bridgehead atoms. The molecule has 1 aromatic heterocycles. The third-order valence-corrected chi connectivity index (χ3v) is 13.4. The molecule has 3 nitrogen and oxygen atoms in total. The van der Waals surface area contributed by atoms with Crippen molar-refractivity contribution in [2.75, 3.05) is 0 Å². The van der Waals surface area contributed by atoms with Crippen molar-refractivity contribution >= 4 is 176 Å². The molecular formula is C39H40B12N2O.